The molecule has 2 aliphatic carbocycles. The van der Waals surface area contributed by atoms with Crippen LogP contribution in [0.25, 0.3) is 11.6 Å². The zero-order chi connectivity index (χ0) is 20.6. The number of amides is 1. The third kappa shape index (κ3) is 4.77. The Balaban J connectivity index is 1.48. The highest BCUT2D eigenvalue weighted by Crippen LogP contribution is 2.34. The molecule has 0 saturated heterocycles. The van der Waals surface area contributed by atoms with Crippen molar-refractivity contribution in [1.29, 1.82) is 0 Å². The zero-order valence-corrected chi connectivity index (χ0v) is 16.1. The van der Waals surface area contributed by atoms with E-state index in [2.05, 4.69) is 4.98 Å². The Morgan fingerprint density at radius 3 is 2.69 bits per heavy atom. The number of fused-ring (bicyclic) bond motifs is 1. The maximum atomic E-state index is 12.4. The minimum atomic E-state index is -4.31. The van der Waals surface area contributed by atoms with Crippen molar-refractivity contribution in [1.82, 2.24) is 9.88 Å². The molecule has 1 aromatic rings. The lowest BCUT2D eigenvalue weighted by Gasteiger charge is -2.27. The van der Waals surface area contributed by atoms with Crippen LogP contribution in [-0.4, -0.2) is 40.8 Å². The molecule has 0 N–H and O–H groups in total. The molecule has 1 aliphatic heterocycles. The van der Waals surface area contributed by atoms with E-state index in [-0.39, 0.29) is 11.7 Å². The number of allylic oxidation sites excluding steroid dienone is 1. The van der Waals surface area contributed by atoms with Crippen LogP contribution in [-0.2, 0) is 22.4 Å². The van der Waals surface area contributed by atoms with Gasteiger partial charge in [0, 0.05) is 49.5 Å². The van der Waals surface area contributed by atoms with Gasteiger partial charge in [-0.05, 0) is 36.5 Å². The number of hydrogen-bond acceptors (Lipinski definition) is 3. The Labute approximate surface area is 167 Å². The van der Waals surface area contributed by atoms with Crippen molar-refractivity contribution in [2.45, 2.75) is 51.1 Å². The van der Waals surface area contributed by atoms with E-state index in [1.54, 1.807) is 0 Å². The summed E-state index contributed by atoms with van der Waals surface area (Å²) in [5, 5.41) is 0. The standard InChI is InChI=1S/C22H23F3N2O2/c23-22(24,25)9-6-21(29)27-10-7-14(8-11-27)18-12-16(13-20(28)15-4-5-15)26-19-3-1-2-17(18)19/h1-2,7,12,15H,3-6,8-11,13H2. The van der Waals surface area contributed by atoms with Crippen LogP contribution in [0, 0.1) is 5.92 Å². The Morgan fingerprint density at radius 2 is 2.03 bits per heavy atom. The first-order chi connectivity index (χ1) is 13.8. The van der Waals surface area contributed by atoms with Gasteiger partial charge in [-0.25, -0.2) is 0 Å². The summed E-state index contributed by atoms with van der Waals surface area (Å²) >= 11 is 0. The molecule has 4 nitrogen and oxygen atoms in total. The van der Waals surface area contributed by atoms with E-state index in [1.165, 1.54) is 4.90 Å². The van der Waals surface area contributed by atoms with Gasteiger partial charge in [0.05, 0.1) is 12.1 Å². The first-order valence-electron chi connectivity index (χ1n) is 10.1. The zero-order valence-electron chi connectivity index (χ0n) is 16.1. The Morgan fingerprint density at radius 1 is 1.24 bits per heavy atom. The molecule has 1 saturated carbocycles. The van der Waals surface area contributed by atoms with E-state index in [4.69, 9.17) is 0 Å². The van der Waals surface area contributed by atoms with Gasteiger partial charge in [0.1, 0.15) is 5.78 Å². The Hall–Kier alpha value is -2.44. The van der Waals surface area contributed by atoms with Crippen LogP contribution in [0.5, 0.6) is 0 Å². The normalized spacial score (nSPS) is 18.6. The van der Waals surface area contributed by atoms with Crippen molar-refractivity contribution >= 4 is 23.3 Å². The maximum Gasteiger partial charge on any atom is 0.389 e. The average Bonchev–Trinajstić information content (AvgIpc) is 3.43. The van der Waals surface area contributed by atoms with E-state index in [0.717, 1.165) is 47.4 Å². The first kappa shape index (κ1) is 19.9. The lowest BCUT2D eigenvalue weighted by molar-refractivity contribution is -0.148. The minimum Gasteiger partial charge on any atom is -0.339 e. The van der Waals surface area contributed by atoms with Crippen molar-refractivity contribution in [2.24, 2.45) is 5.92 Å². The Kier molecular flexibility index (Phi) is 5.32. The fourth-order valence-electron chi connectivity index (χ4n) is 3.93. The van der Waals surface area contributed by atoms with E-state index < -0.39 is 24.9 Å². The number of ketones is 1. The average molecular weight is 404 g/mol. The number of halogens is 3. The highest BCUT2D eigenvalue weighted by atomic mass is 19.4. The number of aromatic nitrogens is 1. The SMILES string of the molecule is O=C(Cc1cc(C2=CCN(C(=O)CCC(F)(F)F)CC2)c2c(n1)CC=C2)C1CC1. The van der Waals surface area contributed by atoms with Gasteiger partial charge in [-0.2, -0.15) is 13.2 Å². The summed E-state index contributed by atoms with van der Waals surface area (Å²) in [6.45, 7) is 0.711. The molecule has 7 heteroatoms. The predicted octanol–water partition coefficient (Wildman–Crippen LogP) is 4.13. The van der Waals surface area contributed by atoms with Gasteiger partial charge in [-0.1, -0.05) is 18.2 Å². The van der Waals surface area contributed by atoms with E-state index in [9.17, 15) is 22.8 Å². The third-order valence-electron chi connectivity index (χ3n) is 5.70. The van der Waals surface area contributed by atoms with Gasteiger partial charge in [-0.3, -0.25) is 14.6 Å². The summed E-state index contributed by atoms with van der Waals surface area (Å²) in [5.74, 6) is -0.0293. The van der Waals surface area contributed by atoms with E-state index in [1.807, 2.05) is 24.3 Å². The van der Waals surface area contributed by atoms with Crippen molar-refractivity contribution in [2.75, 3.05) is 13.1 Å². The van der Waals surface area contributed by atoms with Crippen LogP contribution >= 0.6 is 0 Å². The molecule has 154 valence electrons. The number of Topliss-reactive ketones (excluding diaryl/α,β-unsaturated/α-hetero) is 1. The topological polar surface area (TPSA) is 50.3 Å². The van der Waals surface area contributed by atoms with Gasteiger partial charge in [0.15, 0.2) is 0 Å². The van der Waals surface area contributed by atoms with Crippen LogP contribution in [0.2, 0.25) is 0 Å². The summed E-state index contributed by atoms with van der Waals surface area (Å²) in [5.41, 5.74) is 4.89. The van der Waals surface area contributed by atoms with Crippen molar-refractivity contribution in [3.05, 3.63) is 40.7 Å². The third-order valence-corrected chi connectivity index (χ3v) is 5.70. The molecule has 0 unspecified atom stereocenters. The molecule has 0 aromatic carbocycles. The summed E-state index contributed by atoms with van der Waals surface area (Å²) < 4.78 is 37.1. The minimum absolute atomic E-state index is 0.191. The lowest BCUT2D eigenvalue weighted by atomic mass is 9.93. The van der Waals surface area contributed by atoms with Gasteiger partial charge < -0.3 is 4.90 Å². The number of pyridine rings is 1. The molecule has 29 heavy (non-hydrogen) atoms. The molecule has 0 radical (unpaired) electrons. The Bertz CT molecular complexity index is 898. The molecule has 1 fully saturated rings. The van der Waals surface area contributed by atoms with Gasteiger partial charge >= 0.3 is 6.18 Å². The molecule has 0 atom stereocenters. The maximum absolute atomic E-state index is 12.4. The molecule has 3 aliphatic rings. The molecular formula is C22H23F3N2O2. The van der Waals surface area contributed by atoms with Crippen LogP contribution in [0.3, 0.4) is 0 Å². The van der Waals surface area contributed by atoms with Gasteiger partial charge in [0.25, 0.3) is 0 Å². The largest absolute Gasteiger partial charge is 0.389 e. The molecule has 0 spiro atoms. The molecule has 1 aromatic heterocycles. The van der Waals surface area contributed by atoms with Crippen molar-refractivity contribution in [3.8, 4) is 0 Å². The molecule has 4 rings (SSSR count). The van der Waals surface area contributed by atoms with Gasteiger partial charge in [0.2, 0.25) is 5.91 Å². The van der Waals surface area contributed by atoms with Gasteiger partial charge in [-0.15, -0.1) is 0 Å². The van der Waals surface area contributed by atoms with Crippen molar-refractivity contribution < 1.29 is 22.8 Å². The van der Waals surface area contributed by atoms with E-state index >= 15 is 0 Å². The second kappa shape index (κ2) is 7.76. The quantitative estimate of drug-likeness (QED) is 0.716. The summed E-state index contributed by atoms with van der Waals surface area (Å²) in [4.78, 5) is 30.4. The fourth-order valence-corrected chi connectivity index (χ4v) is 3.93. The summed E-state index contributed by atoms with van der Waals surface area (Å²) in [6, 6.07) is 1.97. The molecular weight excluding hydrogens is 381 g/mol. The predicted molar refractivity (Wildman–Crippen MR) is 103 cm³/mol. The monoisotopic (exact) mass is 404 g/mol. The fraction of sp³-hybridized carbons (Fsp3) is 0.500. The summed E-state index contributed by atoms with van der Waals surface area (Å²) in [7, 11) is 0. The number of hydrogen-bond donors (Lipinski definition) is 0. The lowest BCUT2D eigenvalue weighted by Crippen LogP contribution is -2.35. The number of alkyl halides is 3. The number of nitrogens with zero attached hydrogens (tertiary/aromatic N) is 2. The van der Waals surface area contributed by atoms with Crippen LogP contribution in [0.4, 0.5) is 13.2 Å². The first-order valence-corrected chi connectivity index (χ1v) is 10.1. The molecule has 1 amide bonds. The van der Waals surface area contributed by atoms with Crippen LogP contribution in [0.1, 0.15) is 54.6 Å². The number of rotatable bonds is 6. The van der Waals surface area contributed by atoms with Crippen LogP contribution < -0.4 is 0 Å². The number of carbonyl (C=O) groups is 2. The summed E-state index contributed by atoms with van der Waals surface area (Å²) in [6.07, 6.45) is 3.71. The van der Waals surface area contributed by atoms with Crippen LogP contribution in [0.15, 0.2) is 18.2 Å². The number of carbonyl (C=O) groups excluding carboxylic acids is 2. The molecule has 0 bridgehead atoms. The highest BCUT2D eigenvalue weighted by molar-refractivity contribution is 5.86. The van der Waals surface area contributed by atoms with E-state index in [0.29, 0.717) is 25.9 Å². The second-order valence-electron chi connectivity index (χ2n) is 7.98. The highest BCUT2D eigenvalue weighted by Gasteiger charge is 2.31. The molecule has 2 heterocycles. The van der Waals surface area contributed by atoms with Crippen molar-refractivity contribution in [3.63, 3.8) is 0 Å². The smallest absolute Gasteiger partial charge is 0.339 e. The second-order valence-corrected chi connectivity index (χ2v) is 7.98.